The van der Waals surface area contributed by atoms with Gasteiger partial charge < -0.3 is 16.0 Å². The van der Waals surface area contributed by atoms with E-state index in [1.807, 2.05) is 13.8 Å². The van der Waals surface area contributed by atoms with E-state index in [0.717, 1.165) is 6.07 Å². The first kappa shape index (κ1) is 14.2. The largest absolute Gasteiger partial charge is 0.397 e. The first-order chi connectivity index (χ1) is 8.32. The molecule has 0 radical (unpaired) electrons. The Kier molecular flexibility index (Phi) is 4.47. The summed E-state index contributed by atoms with van der Waals surface area (Å²) in [5.74, 6) is -2.32. The molecule has 0 saturated heterocycles. The van der Waals surface area contributed by atoms with Gasteiger partial charge in [0.15, 0.2) is 11.6 Å². The highest BCUT2D eigenvalue weighted by Crippen LogP contribution is 2.27. The quantitative estimate of drug-likeness (QED) is 0.804. The number of amides is 1. The Morgan fingerprint density at radius 3 is 2.61 bits per heavy atom. The van der Waals surface area contributed by atoms with Crippen LogP contribution in [0, 0.1) is 11.6 Å². The zero-order valence-electron chi connectivity index (χ0n) is 10.6. The van der Waals surface area contributed by atoms with E-state index in [1.54, 1.807) is 0 Å². The molecule has 0 aliphatic heterocycles. The number of hydrogen-bond acceptors (Lipinski definition) is 3. The van der Waals surface area contributed by atoms with Gasteiger partial charge >= 0.3 is 0 Å². The summed E-state index contributed by atoms with van der Waals surface area (Å²) in [6.07, 6.45) is 0. The van der Waals surface area contributed by atoms with Gasteiger partial charge in [-0.3, -0.25) is 4.79 Å². The molecule has 0 bridgehead atoms. The molecule has 100 valence electrons. The summed E-state index contributed by atoms with van der Waals surface area (Å²) in [6.45, 7) is 3.53. The van der Waals surface area contributed by atoms with Gasteiger partial charge in [-0.05, 0) is 26.0 Å². The van der Waals surface area contributed by atoms with Gasteiger partial charge in [0, 0.05) is 13.1 Å². The lowest BCUT2D eigenvalue weighted by molar-refractivity contribution is -0.120. The number of carbonyl (C=O) groups is 1. The zero-order chi connectivity index (χ0) is 13.9. The van der Waals surface area contributed by atoms with Crippen molar-refractivity contribution < 1.29 is 13.6 Å². The first-order valence-corrected chi connectivity index (χ1v) is 5.57. The molecule has 1 aromatic rings. The Bertz CT molecular complexity index is 449. The lowest BCUT2D eigenvalue weighted by Gasteiger charge is -2.22. The Morgan fingerprint density at radius 1 is 1.44 bits per heavy atom. The molecule has 0 aliphatic rings. The van der Waals surface area contributed by atoms with Gasteiger partial charge in [-0.1, -0.05) is 0 Å². The molecule has 0 saturated carbocycles. The molecule has 0 aliphatic carbocycles. The van der Waals surface area contributed by atoms with Crippen LogP contribution >= 0.6 is 0 Å². The lowest BCUT2D eigenvalue weighted by atomic mass is 10.2. The molecule has 18 heavy (non-hydrogen) atoms. The van der Waals surface area contributed by atoms with Crippen LogP contribution in [-0.2, 0) is 4.79 Å². The Hall–Kier alpha value is -1.85. The van der Waals surface area contributed by atoms with Gasteiger partial charge in [0.2, 0.25) is 5.91 Å². The number of halogens is 2. The van der Waals surface area contributed by atoms with Crippen LogP contribution in [0.3, 0.4) is 0 Å². The number of nitrogens with one attached hydrogen (secondary N) is 1. The third kappa shape index (κ3) is 3.32. The van der Waals surface area contributed by atoms with Gasteiger partial charge in [-0.25, -0.2) is 8.78 Å². The predicted octanol–water partition coefficient (Wildman–Crippen LogP) is 1.51. The summed E-state index contributed by atoms with van der Waals surface area (Å²) in [5, 5.41) is 2.66. The SMILES string of the molecule is CC(C)NC(=O)CN(C)c1c(N)ccc(F)c1F. The van der Waals surface area contributed by atoms with Gasteiger partial charge in [0.25, 0.3) is 0 Å². The number of anilines is 2. The van der Waals surface area contributed by atoms with Crippen LogP contribution in [0.1, 0.15) is 13.8 Å². The molecule has 0 heterocycles. The molecule has 4 nitrogen and oxygen atoms in total. The van der Waals surface area contributed by atoms with Crippen molar-refractivity contribution in [3.05, 3.63) is 23.8 Å². The average Bonchev–Trinajstić information content (AvgIpc) is 2.22. The molecular weight excluding hydrogens is 240 g/mol. The fourth-order valence-electron chi connectivity index (χ4n) is 1.60. The van der Waals surface area contributed by atoms with Crippen molar-refractivity contribution in [3.8, 4) is 0 Å². The first-order valence-electron chi connectivity index (χ1n) is 5.57. The van der Waals surface area contributed by atoms with E-state index in [1.165, 1.54) is 18.0 Å². The number of carbonyl (C=O) groups excluding carboxylic acids is 1. The van der Waals surface area contributed by atoms with Crippen molar-refractivity contribution in [1.82, 2.24) is 5.32 Å². The van der Waals surface area contributed by atoms with Crippen LogP contribution in [0.15, 0.2) is 12.1 Å². The van der Waals surface area contributed by atoms with Crippen LogP contribution in [-0.4, -0.2) is 25.5 Å². The number of rotatable bonds is 4. The maximum Gasteiger partial charge on any atom is 0.239 e. The number of nitrogens with two attached hydrogens (primary N) is 1. The summed E-state index contributed by atoms with van der Waals surface area (Å²) in [4.78, 5) is 12.8. The zero-order valence-corrected chi connectivity index (χ0v) is 10.6. The van der Waals surface area contributed by atoms with Crippen molar-refractivity contribution >= 4 is 17.3 Å². The van der Waals surface area contributed by atoms with Crippen molar-refractivity contribution in [2.75, 3.05) is 24.2 Å². The maximum absolute atomic E-state index is 13.6. The van der Waals surface area contributed by atoms with Crippen LogP contribution in [0.4, 0.5) is 20.2 Å². The summed E-state index contributed by atoms with van der Waals surface area (Å²) >= 11 is 0. The van der Waals surface area contributed by atoms with Gasteiger partial charge in [-0.2, -0.15) is 0 Å². The summed E-state index contributed by atoms with van der Waals surface area (Å²) in [7, 11) is 1.48. The number of hydrogen-bond donors (Lipinski definition) is 2. The second-order valence-electron chi connectivity index (χ2n) is 4.38. The lowest BCUT2D eigenvalue weighted by Crippen LogP contribution is -2.39. The average molecular weight is 257 g/mol. The predicted molar refractivity (Wildman–Crippen MR) is 67.3 cm³/mol. The number of nitrogens with zero attached hydrogens (tertiary/aromatic N) is 1. The highest BCUT2D eigenvalue weighted by Gasteiger charge is 2.17. The Balaban J connectivity index is 2.88. The standard InChI is InChI=1S/C12H17F2N3O/c1-7(2)16-10(18)6-17(3)12-9(15)5-4-8(13)11(12)14/h4-5,7H,6,15H2,1-3H3,(H,16,18). The highest BCUT2D eigenvalue weighted by atomic mass is 19.2. The minimum Gasteiger partial charge on any atom is -0.397 e. The van der Waals surface area contributed by atoms with Gasteiger partial charge in [0.05, 0.1) is 17.9 Å². The van der Waals surface area contributed by atoms with Crippen LogP contribution in [0.25, 0.3) is 0 Å². The molecule has 0 unspecified atom stereocenters. The highest BCUT2D eigenvalue weighted by molar-refractivity contribution is 5.83. The fourth-order valence-corrected chi connectivity index (χ4v) is 1.60. The van der Waals surface area contributed by atoms with E-state index < -0.39 is 11.6 Å². The normalized spacial score (nSPS) is 10.6. The second-order valence-corrected chi connectivity index (χ2v) is 4.38. The van der Waals surface area contributed by atoms with E-state index in [2.05, 4.69) is 5.32 Å². The van der Waals surface area contributed by atoms with Crippen molar-refractivity contribution in [3.63, 3.8) is 0 Å². The second kappa shape index (κ2) is 5.66. The molecule has 0 fully saturated rings. The van der Waals surface area contributed by atoms with Crippen LogP contribution in [0.5, 0.6) is 0 Å². The molecule has 0 spiro atoms. The molecule has 1 aromatic carbocycles. The number of likely N-dealkylation sites (N-methyl/N-ethyl adjacent to an activating group) is 1. The topological polar surface area (TPSA) is 58.4 Å². The monoisotopic (exact) mass is 257 g/mol. The molecule has 1 amide bonds. The van der Waals surface area contributed by atoms with E-state index in [-0.39, 0.29) is 29.9 Å². The minimum absolute atomic E-state index is 0.0133. The summed E-state index contributed by atoms with van der Waals surface area (Å²) in [6, 6.07) is 2.21. The molecule has 0 aromatic heterocycles. The van der Waals surface area contributed by atoms with E-state index in [0.29, 0.717) is 0 Å². The van der Waals surface area contributed by atoms with Crippen LogP contribution < -0.4 is 16.0 Å². The van der Waals surface area contributed by atoms with Gasteiger partial charge in [-0.15, -0.1) is 0 Å². The van der Waals surface area contributed by atoms with Gasteiger partial charge in [0.1, 0.15) is 0 Å². The summed E-state index contributed by atoms with van der Waals surface area (Å²) < 4.78 is 26.7. The third-order valence-electron chi connectivity index (χ3n) is 2.31. The van der Waals surface area contributed by atoms with E-state index >= 15 is 0 Å². The minimum atomic E-state index is -1.05. The third-order valence-corrected chi connectivity index (χ3v) is 2.31. The molecule has 6 heteroatoms. The molecule has 0 atom stereocenters. The Labute approximate surface area is 105 Å². The smallest absolute Gasteiger partial charge is 0.239 e. The summed E-state index contributed by atoms with van der Waals surface area (Å²) in [5.41, 5.74) is 5.58. The van der Waals surface area contributed by atoms with E-state index in [9.17, 15) is 13.6 Å². The van der Waals surface area contributed by atoms with Crippen molar-refractivity contribution in [2.24, 2.45) is 0 Å². The van der Waals surface area contributed by atoms with Crippen molar-refractivity contribution in [2.45, 2.75) is 19.9 Å². The van der Waals surface area contributed by atoms with Crippen molar-refractivity contribution in [1.29, 1.82) is 0 Å². The number of nitrogen functional groups attached to an aromatic ring is 1. The molecular formula is C12H17F2N3O. The number of benzene rings is 1. The van der Waals surface area contributed by atoms with Crippen LogP contribution in [0.2, 0.25) is 0 Å². The fraction of sp³-hybridized carbons (Fsp3) is 0.417. The molecule has 3 N–H and O–H groups in total. The van der Waals surface area contributed by atoms with E-state index in [4.69, 9.17) is 5.73 Å². The maximum atomic E-state index is 13.6. The molecule has 1 rings (SSSR count). The Morgan fingerprint density at radius 2 is 2.06 bits per heavy atom.